The van der Waals surface area contributed by atoms with Crippen molar-refractivity contribution in [2.75, 3.05) is 13.7 Å². The van der Waals surface area contributed by atoms with E-state index in [1.54, 1.807) is 16.2 Å². The number of carbonyl (C=O) groups is 1. The molecule has 1 amide bonds. The van der Waals surface area contributed by atoms with Crippen molar-refractivity contribution in [2.45, 2.75) is 19.9 Å². The van der Waals surface area contributed by atoms with Crippen molar-refractivity contribution in [3.8, 4) is 5.75 Å². The van der Waals surface area contributed by atoms with E-state index < -0.39 is 0 Å². The highest BCUT2D eigenvalue weighted by atomic mass is 32.1. The fourth-order valence-corrected chi connectivity index (χ4v) is 3.48. The largest absolute Gasteiger partial charge is 0.494 e. The van der Waals surface area contributed by atoms with Gasteiger partial charge in [-0.1, -0.05) is 24.3 Å². The topological polar surface area (TPSA) is 42.4 Å². The maximum Gasteiger partial charge on any atom is 0.227 e. The van der Waals surface area contributed by atoms with E-state index in [0.717, 1.165) is 26.5 Å². The van der Waals surface area contributed by atoms with E-state index in [1.165, 1.54) is 0 Å². The van der Waals surface area contributed by atoms with Gasteiger partial charge in [-0.15, -0.1) is 11.3 Å². The van der Waals surface area contributed by atoms with Crippen LogP contribution in [-0.4, -0.2) is 29.4 Å². The summed E-state index contributed by atoms with van der Waals surface area (Å²) in [4.78, 5) is 18.7. The van der Waals surface area contributed by atoms with Crippen molar-refractivity contribution in [1.29, 1.82) is 0 Å². The van der Waals surface area contributed by atoms with Crippen LogP contribution in [0.3, 0.4) is 0 Å². The Kier molecular flexibility index (Phi) is 5.11. The zero-order valence-electron chi connectivity index (χ0n) is 13.9. The van der Waals surface area contributed by atoms with Gasteiger partial charge in [-0.2, -0.15) is 0 Å². The third kappa shape index (κ3) is 3.92. The fourth-order valence-electron chi connectivity index (χ4n) is 2.46. The zero-order valence-corrected chi connectivity index (χ0v) is 14.7. The van der Waals surface area contributed by atoms with Crippen LogP contribution < -0.4 is 4.74 Å². The number of ether oxygens (including phenoxy) is 1. The van der Waals surface area contributed by atoms with Gasteiger partial charge < -0.3 is 9.64 Å². The smallest absolute Gasteiger partial charge is 0.227 e. The molecular formula is C19H20N2O2S. The molecule has 0 aliphatic carbocycles. The highest BCUT2D eigenvalue weighted by molar-refractivity contribution is 7.18. The van der Waals surface area contributed by atoms with Crippen LogP contribution >= 0.6 is 11.3 Å². The molecule has 1 heterocycles. The first-order valence-corrected chi connectivity index (χ1v) is 8.77. The molecule has 2 aromatic carbocycles. The number of carbonyl (C=O) groups excluding carboxylic acids is 1. The molecule has 0 saturated heterocycles. The van der Waals surface area contributed by atoms with Gasteiger partial charge in [-0.05, 0) is 36.8 Å². The normalized spacial score (nSPS) is 10.8. The lowest BCUT2D eigenvalue weighted by Gasteiger charge is -2.15. The fraction of sp³-hybridized carbons (Fsp3) is 0.263. The number of thiazole rings is 1. The van der Waals surface area contributed by atoms with Gasteiger partial charge in [0.1, 0.15) is 10.8 Å². The monoisotopic (exact) mass is 340 g/mol. The molecule has 0 aliphatic heterocycles. The van der Waals surface area contributed by atoms with Crippen LogP contribution in [0.5, 0.6) is 5.75 Å². The molecular weight excluding hydrogens is 320 g/mol. The standard InChI is InChI=1S/C19H20N2O2S/c1-3-23-15-10-8-14(9-11-15)12-19(22)21(2)13-18-20-16-6-4-5-7-17(16)24-18/h4-11H,3,12-13H2,1-2H3. The van der Waals surface area contributed by atoms with Gasteiger partial charge in [0, 0.05) is 7.05 Å². The molecule has 124 valence electrons. The van der Waals surface area contributed by atoms with Gasteiger partial charge in [-0.3, -0.25) is 4.79 Å². The number of amides is 1. The van der Waals surface area contributed by atoms with Crippen molar-refractivity contribution >= 4 is 27.5 Å². The summed E-state index contributed by atoms with van der Waals surface area (Å²) in [6, 6.07) is 15.7. The third-order valence-corrected chi connectivity index (χ3v) is 4.75. The SMILES string of the molecule is CCOc1ccc(CC(=O)N(C)Cc2nc3ccccc3s2)cc1. The first-order valence-electron chi connectivity index (χ1n) is 7.96. The van der Waals surface area contributed by atoms with Gasteiger partial charge in [0.05, 0.1) is 29.8 Å². The maximum absolute atomic E-state index is 12.4. The number of benzene rings is 2. The Morgan fingerprint density at radius 2 is 1.92 bits per heavy atom. The summed E-state index contributed by atoms with van der Waals surface area (Å²) in [5, 5.41) is 0.957. The number of para-hydroxylation sites is 1. The lowest BCUT2D eigenvalue weighted by Crippen LogP contribution is -2.27. The second-order valence-corrected chi connectivity index (χ2v) is 6.69. The summed E-state index contributed by atoms with van der Waals surface area (Å²) >= 11 is 1.64. The first-order chi connectivity index (χ1) is 11.7. The minimum absolute atomic E-state index is 0.0819. The van der Waals surface area contributed by atoms with Crippen LogP contribution in [0.15, 0.2) is 48.5 Å². The molecule has 0 aliphatic rings. The van der Waals surface area contributed by atoms with Gasteiger partial charge in [0.25, 0.3) is 0 Å². The van der Waals surface area contributed by atoms with Crippen LogP contribution in [0, 0.1) is 0 Å². The number of likely N-dealkylation sites (N-methyl/N-ethyl adjacent to an activating group) is 1. The molecule has 0 bridgehead atoms. The zero-order chi connectivity index (χ0) is 16.9. The molecule has 0 saturated carbocycles. The third-order valence-electron chi connectivity index (χ3n) is 3.73. The Bertz CT molecular complexity index is 794. The highest BCUT2D eigenvalue weighted by Gasteiger charge is 2.13. The van der Waals surface area contributed by atoms with Gasteiger partial charge in [0.2, 0.25) is 5.91 Å². The predicted octanol–water partition coefficient (Wildman–Crippen LogP) is 3.90. The number of nitrogens with zero attached hydrogens (tertiary/aromatic N) is 2. The summed E-state index contributed by atoms with van der Waals surface area (Å²) in [5.41, 5.74) is 1.98. The number of fused-ring (bicyclic) bond motifs is 1. The number of hydrogen-bond acceptors (Lipinski definition) is 4. The molecule has 24 heavy (non-hydrogen) atoms. The maximum atomic E-state index is 12.4. The molecule has 0 fully saturated rings. The molecule has 0 N–H and O–H groups in total. The van der Waals surface area contributed by atoms with Crippen LogP contribution in [0.4, 0.5) is 0 Å². The van der Waals surface area contributed by atoms with E-state index in [4.69, 9.17) is 4.74 Å². The van der Waals surface area contributed by atoms with E-state index in [-0.39, 0.29) is 5.91 Å². The van der Waals surface area contributed by atoms with Crippen LogP contribution in [-0.2, 0) is 17.8 Å². The van der Waals surface area contributed by atoms with Crippen molar-refractivity contribution < 1.29 is 9.53 Å². The van der Waals surface area contributed by atoms with E-state index in [1.807, 2.05) is 56.4 Å². The van der Waals surface area contributed by atoms with Crippen LogP contribution in [0.2, 0.25) is 0 Å². The molecule has 4 nitrogen and oxygen atoms in total. The Hall–Kier alpha value is -2.40. The van der Waals surface area contributed by atoms with Gasteiger partial charge in [0.15, 0.2) is 0 Å². The average Bonchev–Trinajstić information content (AvgIpc) is 2.99. The average molecular weight is 340 g/mol. The van der Waals surface area contributed by atoms with Gasteiger partial charge in [-0.25, -0.2) is 4.98 Å². The lowest BCUT2D eigenvalue weighted by atomic mass is 10.1. The number of hydrogen-bond donors (Lipinski definition) is 0. The first kappa shape index (κ1) is 16.5. The van der Waals surface area contributed by atoms with E-state index >= 15 is 0 Å². The van der Waals surface area contributed by atoms with Crippen molar-refractivity contribution in [3.63, 3.8) is 0 Å². The molecule has 0 radical (unpaired) electrons. The highest BCUT2D eigenvalue weighted by Crippen LogP contribution is 2.22. The Morgan fingerprint density at radius 1 is 1.17 bits per heavy atom. The molecule has 0 atom stereocenters. The lowest BCUT2D eigenvalue weighted by molar-refractivity contribution is -0.129. The van der Waals surface area contributed by atoms with Crippen LogP contribution in [0.1, 0.15) is 17.5 Å². The minimum atomic E-state index is 0.0819. The Labute approximate surface area is 145 Å². The molecule has 5 heteroatoms. The van der Waals surface area contributed by atoms with E-state index in [0.29, 0.717) is 19.6 Å². The van der Waals surface area contributed by atoms with Crippen molar-refractivity contribution in [2.24, 2.45) is 0 Å². The van der Waals surface area contributed by atoms with E-state index in [9.17, 15) is 4.79 Å². The number of aromatic nitrogens is 1. The molecule has 3 aromatic rings. The minimum Gasteiger partial charge on any atom is -0.494 e. The molecule has 0 unspecified atom stereocenters. The van der Waals surface area contributed by atoms with E-state index in [2.05, 4.69) is 11.1 Å². The summed E-state index contributed by atoms with van der Waals surface area (Å²) < 4.78 is 6.57. The second-order valence-electron chi connectivity index (χ2n) is 5.58. The quantitative estimate of drug-likeness (QED) is 0.683. The molecule has 3 rings (SSSR count). The second kappa shape index (κ2) is 7.45. The summed E-state index contributed by atoms with van der Waals surface area (Å²) in [7, 11) is 1.82. The Balaban J connectivity index is 1.61. The van der Waals surface area contributed by atoms with Gasteiger partial charge >= 0.3 is 0 Å². The summed E-state index contributed by atoms with van der Waals surface area (Å²) in [6.07, 6.45) is 0.383. The van der Waals surface area contributed by atoms with Crippen LogP contribution in [0.25, 0.3) is 10.2 Å². The summed E-state index contributed by atoms with van der Waals surface area (Å²) in [6.45, 7) is 3.13. The molecule has 0 spiro atoms. The van der Waals surface area contributed by atoms with Crippen molar-refractivity contribution in [1.82, 2.24) is 9.88 Å². The predicted molar refractivity (Wildman–Crippen MR) is 97.4 cm³/mol. The summed E-state index contributed by atoms with van der Waals surface area (Å²) in [5.74, 6) is 0.912. The Morgan fingerprint density at radius 3 is 2.62 bits per heavy atom. The molecule has 1 aromatic heterocycles. The number of rotatable bonds is 6. The van der Waals surface area contributed by atoms with Crippen molar-refractivity contribution in [3.05, 3.63) is 59.1 Å².